The largest absolute Gasteiger partial charge is 0.487 e. The van der Waals surface area contributed by atoms with E-state index in [0.717, 1.165) is 50.6 Å². The fraction of sp³-hybridized carbons (Fsp3) is 0.400. The Kier molecular flexibility index (Phi) is 7.49. The molecular formula is C30H33N7O3. The van der Waals surface area contributed by atoms with E-state index in [1.165, 1.54) is 5.69 Å². The number of aromatic nitrogens is 2. The first-order valence-corrected chi connectivity index (χ1v) is 13.8. The van der Waals surface area contributed by atoms with E-state index in [9.17, 15) is 10.1 Å². The minimum Gasteiger partial charge on any atom is -0.487 e. The molecule has 206 valence electrons. The first-order valence-electron chi connectivity index (χ1n) is 13.8. The molecule has 1 atom stereocenters. The summed E-state index contributed by atoms with van der Waals surface area (Å²) in [6.45, 7) is 6.42. The van der Waals surface area contributed by atoms with Crippen molar-refractivity contribution in [1.29, 1.82) is 5.26 Å². The van der Waals surface area contributed by atoms with Gasteiger partial charge in [0.15, 0.2) is 5.82 Å². The number of likely N-dealkylation sites (tertiary alicyclic amines) is 1. The number of hydrogen-bond acceptors (Lipinski definition) is 9. The summed E-state index contributed by atoms with van der Waals surface area (Å²) in [5.41, 5.74) is 3.30. The number of carbonyl (C=O) groups excluding carboxylic acids is 1. The number of nitrogens with zero attached hydrogens (tertiary/aromatic N) is 6. The number of anilines is 3. The average Bonchev–Trinajstić information content (AvgIpc) is 2.95. The van der Waals surface area contributed by atoms with Gasteiger partial charge in [0.1, 0.15) is 23.7 Å². The number of piperazine rings is 1. The van der Waals surface area contributed by atoms with Gasteiger partial charge < -0.3 is 24.6 Å². The molecule has 3 fully saturated rings. The molecule has 1 unspecified atom stereocenters. The Labute approximate surface area is 234 Å². The SMILES string of the molecule is CN1CC(Oc2ccc(-c3nccc(Nc4ccc(N5CCN(C6COC6)CC5)cc4)n3)cc2C#N)CCC1=O. The van der Waals surface area contributed by atoms with Crippen molar-refractivity contribution in [2.45, 2.75) is 25.0 Å². The van der Waals surface area contributed by atoms with Gasteiger partial charge in [0.25, 0.3) is 0 Å². The fourth-order valence-electron chi connectivity index (χ4n) is 5.36. The van der Waals surface area contributed by atoms with Crippen molar-refractivity contribution in [2.24, 2.45) is 0 Å². The molecule has 1 amide bonds. The van der Waals surface area contributed by atoms with Crippen molar-refractivity contribution in [3.63, 3.8) is 0 Å². The lowest BCUT2D eigenvalue weighted by molar-refractivity contribution is -0.134. The molecule has 3 aliphatic rings. The monoisotopic (exact) mass is 539 g/mol. The molecule has 0 aliphatic carbocycles. The Bertz CT molecular complexity index is 1400. The summed E-state index contributed by atoms with van der Waals surface area (Å²) in [6.07, 6.45) is 2.66. The zero-order valence-electron chi connectivity index (χ0n) is 22.6. The zero-order chi connectivity index (χ0) is 27.5. The van der Waals surface area contributed by atoms with Gasteiger partial charge in [-0.3, -0.25) is 9.69 Å². The molecule has 0 spiro atoms. The van der Waals surface area contributed by atoms with Crippen LogP contribution >= 0.6 is 0 Å². The van der Waals surface area contributed by atoms with Crippen LogP contribution in [-0.2, 0) is 9.53 Å². The Balaban J connectivity index is 1.09. The molecule has 3 aliphatic heterocycles. The number of amides is 1. The predicted molar refractivity (Wildman–Crippen MR) is 152 cm³/mol. The molecule has 0 saturated carbocycles. The number of hydrogen-bond donors (Lipinski definition) is 1. The molecule has 0 bridgehead atoms. The van der Waals surface area contributed by atoms with Crippen LogP contribution < -0.4 is 15.0 Å². The first kappa shape index (κ1) is 26.0. The van der Waals surface area contributed by atoms with Gasteiger partial charge in [-0.25, -0.2) is 9.97 Å². The molecule has 3 saturated heterocycles. The van der Waals surface area contributed by atoms with E-state index in [2.05, 4.69) is 55.4 Å². The van der Waals surface area contributed by atoms with Crippen molar-refractivity contribution < 1.29 is 14.3 Å². The molecule has 1 N–H and O–H groups in total. The number of benzene rings is 2. The summed E-state index contributed by atoms with van der Waals surface area (Å²) in [6, 6.07) is 18.5. The van der Waals surface area contributed by atoms with Crippen LogP contribution in [0.25, 0.3) is 11.4 Å². The third-order valence-electron chi connectivity index (χ3n) is 7.85. The van der Waals surface area contributed by atoms with Gasteiger partial charge in [0.2, 0.25) is 5.91 Å². The Morgan fingerprint density at radius 3 is 2.58 bits per heavy atom. The van der Waals surface area contributed by atoms with Gasteiger partial charge in [0.05, 0.1) is 31.4 Å². The molecule has 40 heavy (non-hydrogen) atoms. The van der Waals surface area contributed by atoms with E-state index < -0.39 is 0 Å². The Morgan fingerprint density at radius 2 is 1.88 bits per heavy atom. The maximum absolute atomic E-state index is 11.8. The molecular weight excluding hydrogens is 506 g/mol. The molecule has 10 nitrogen and oxygen atoms in total. The van der Waals surface area contributed by atoms with E-state index in [-0.39, 0.29) is 12.0 Å². The average molecular weight is 540 g/mol. The van der Waals surface area contributed by atoms with Crippen molar-refractivity contribution in [1.82, 2.24) is 19.8 Å². The van der Waals surface area contributed by atoms with Crippen molar-refractivity contribution >= 4 is 23.1 Å². The molecule has 0 radical (unpaired) electrons. The van der Waals surface area contributed by atoms with Crippen LogP contribution in [0.3, 0.4) is 0 Å². The number of likely N-dealkylation sites (N-methyl/N-ethyl adjacent to an activating group) is 1. The van der Waals surface area contributed by atoms with Gasteiger partial charge in [0, 0.05) is 62.8 Å². The summed E-state index contributed by atoms with van der Waals surface area (Å²) in [5.74, 6) is 1.81. The van der Waals surface area contributed by atoms with Crippen LogP contribution in [0.5, 0.6) is 5.75 Å². The second-order valence-corrected chi connectivity index (χ2v) is 10.5. The van der Waals surface area contributed by atoms with E-state index in [1.54, 1.807) is 30.3 Å². The second kappa shape index (κ2) is 11.5. The molecule has 2 aromatic carbocycles. The van der Waals surface area contributed by atoms with Gasteiger partial charge in [-0.05, 0) is 55.0 Å². The quantitative estimate of drug-likeness (QED) is 0.484. The first-order chi connectivity index (χ1) is 19.6. The Morgan fingerprint density at radius 1 is 1.07 bits per heavy atom. The summed E-state index contributed by atoms with van der Waals surface area (Å²) in [7, 11) is 1.77. The molecule has 1 aromatic heterocycles. The van der Waals surface area contributed by atoms with Gasteiger partial charge in [-0.15, -0.1) is 0 Å². The van der Waals surface area contributed by atoms with E-state index >= 15 is 0 Å². The number of ether oxygens (including phenoxy) is 2. The normalized spacial score (nSPS) is 20.1. The fourth-order valence-corrected chi connectivity index (χ4v) is 5.36. The number of nitrogens with one attached hydrogen (secondary N) is 1. The third-order valence-corrected chi connectivity index (χ3v) is 7.85. The lowest BCUT2D eigenvalue weighted by Crippen LogP contribution is -2.56. The lowest BCUT2D eigenvalue weighted by Gasteiger charge is -2.43. The summed E-state index contributed by atoms with van der Waals surface area (Å²) in [5, 5.41) is 13.1. The number of rotatable bonds is 7. The number of piperidine rings is 1. The molecule has 3 aromatic rings. The smallest absolute Gasteiger partial charge is 0.222 e. The third kappa shape index (κ3) is 5.71. The maximum Gasteiger partial charge on any atom is 0.222 e. The van der Waals surface area contributed by atoms with Crippen LogP contribution in [0.15, 0.2) is 54.7 Å². The molecule has 4 heterocycles. The highest BCUT2D eigenvalue weighted by molar-refractivity contribution is 5.76. The van der Waals surface area contributed by atoms with E-state index in [0.29, 0.717) is 48.4 Å². The van der Waals surface area contributed by atoms with Crippen LogP contribution in [0.4, 0.5) is 17.2 Å². The molecule has 10 heteroatoms. The van der Waals surface area contributed by atoms with Gasteiger partial charge >= 0.3 is 0 Å². The minimum atomic E-state index is -0.136. The van der Waals surface area contributed by atoms with Gasteiger partial charge in [-0.2, -0.15) is 5.26 Å². The minimum absolute atomic E-state index is 0.117. The van der Waals surface area contributed by atoms with Gasteiger partial charge in [-0.1, -0.05) is 0 Å². The number of carbonyl (C=O) groups is 1. The standard InChI is InChI=1S/C30H33N7O3/c1-35-18-26(7-9-29(35)38)40-27-8-2-21(16-22(27)17-31)30-32-11-10-28(34-30)33-23-3-5-24(6-4-23)36-12-14-37(15-13-36)25-19-39-20-25/h2-6,8,10-11,16,25-26H,7,9,12-15,18-20H2,1H3,(H,32,33,34). The summed E-state index contributed by atoms with van der Waals surface area (Å²) >= 11 is 0. The molecule has 6 rings (SSSR count). The van der Waals surface area contributed by atoms with Crippen LogP contribution in [0.2, 0.25) is 0 Å². The highest BCUT2D eigenvalue weighted by atomic mass is 16.5. The highest BCUT2D eigenvalue weighted by Crippen LogP contribution is 2.28. The van der Waals surface area contributed by atoms with Crippen LogP contribution in [0, 0.1) is 11.3 Å². The Hall–Kier alpha value is -4.20. The summed E-state index contributed by atoms with van der Waals surface area (Å²) in [4.78, 5) is 27.5. The van der Waals surface area contributed by atoms with Crippen molar-refractivity contribution in [3.05, 3.63) is 60.3 Å². The zero-order valence-corrected chi connectivity index (χ0v) is 22.6. The highest BCUT2D eigenvalue weighted by Gasteiger charge is 2.29. The predicted octanol–water partition coefficient (Wildman–Crippen LogP) is 3.28. The van der Waals surface area contributed by atoms with Crippen LogP contribution in [-0.4, -0.2) is 90.8 Å². The topological polar surface area (TPSA) is 107 Å². The summed E-state index contributed by atoms with van der Waals surface area (Å²) < 4.78 is 11.4. The maximum atomic E-state index is 11.8. The van der Waals surface area contributed by atoms with Crippen molar-refractivity contribution in [2.75, 3.05) is 63.2 Å². The van der Waals surface area contributed by atoms with E-state index in [4.69, 9.17) is 9.47 Å². The lowest BCUT2D eigenvalue weighted by atomic mass is 10.1. The van der Waals surface area contributed by atoms with E-state index in [1.807, 2.05) is 12.1 Å². The van der Waals surface area contributed by atoms with Crippen molar-refractivity contribution in [3.8, 4) is 23.2 Å². The number of nitriles is 1. The van der Waals surface area contributed by atoms with Crippen LogP contribution in [0.1, 0.15) is 18.4 Å². The second-order valence-electron chi connectivity index (χ2n) is 10.5.